The van der Waals surface area contributed by atoms with Crippen LogP contribution in [0.15, 0.2) is 29.3 Å². The van der Waals surface area contributed by atoms with Gasteiger partial charge in [0.1, 0.15) is 0 Å². The molecule has 1 aromatic rings. The quantitative estimate of drug-likeness (QED) is 0.402. The Morgan fingerprint density at radius 1 is 1.42 bits per heavy atom. The van der Waals surface area contributed by atoms with Crippen LogP contribution >= 0.6 is 24.0 Å². The van der Waals surface area contributed by atoms with Gasteiger partial charge < -0.3 is 11.1 Å². The number of hydrogen-bond acceptors (Lipinski definition) is 2. The Hall–Kier alpha value is -0.820. The number of guanidine groups is 1. The van der Waals surface area contributed by atoms with Crippen molar-refractivity contribution in [3.05, 3.63) is 35.4 Å². The second kappa shape index (κ2) is 9.61. The third kappa shape index (κ3) is 5.92. The summed E-state index contributed by atoms with van der Waals surface area (Å²) >= 11 is 0. The molecule has 0 aromatic heterocycles. The summed E-state index contributed by atoms with van der Waals surface area (Å²) in [7, 11) is 0. The summed E-state index contributed by atoms with van der Waals surface area (Å²) < 4.78 is 0. The summed E-state index contributed by atoms with van der Waals surface area (Å²) in [6, 6.07) is 9.23. The molecule has 24 heavy (non-hydrogen) atoms. The first-order chi connectivity index (χ1) is 10.9. The fraction of sp³-hybridized carbons (Fsp3) is 0.632. The second-order valence-electron chi connectivity index (χ2n) is 7.26. The maximum absolute atomic E-state index is 6.07. The minimum atomic E-state index is -0.0128. The molecule has 136 valence electrons. The van der Waals surface area contributed by atoms with Gasteiger partial charge in [-0.15, -0.1) is 24.0 Å². The normalized spacial score (nSPS) is 19.2. The Bertz CT molecular complexity index is 542. The van der Waals surface area contributed by atoms with E-state index in [2.05, 4.69) is 67.2 Å². The third-order valence-corrected chi connectivity index (χ3v) is 4.87. The molecule has 0 radical (unpaired) electrons. The number of benzene rings is 1. The van der Waals surface area contributed by atoms with Crippen molar-refractivity contribution in [1.29, 1.82) is 0 Å². The highest BCUT2D eigenvalue weighted by atomic mass is 127. The maximum Gasteiger partial charge on any atom is 0.188 e. The number of aliphatic imine (C=N–C) groups is 1. The van der Waals surface area contributed by atoms with Gasteiger partial charge >= 0.3 is 0 Å². The Morgan fingerprint density at radius 2 is 2.17 bits per heavy atom. The van der Waals surface area contributed by atoms with Gasteiger partial charge in [0.15, 0.2) is 5.96 Å². The molecule has 1 saturated heterocycles. The van der Waals surface area contributed by atoms with Crippen LogP contribution in [0, 0.1) is 6.92 Å². The second-order valence-corrected chi connectivity index (χ2v) is 7.26. The van der Waals surface area contributed by atoms with Gasteiger partial charge in [0.05, 0.1) is 6.54 Å². The molecule has 0 amide bonds. The summed E-state index contributed by atoms with van der Waals surface area (Å²) in [5.41, 5.74) is 8.65. The van der Waals surface area contributed by atoms with Gasteiger partial charge in [0.25, 0.3) is 0 Å². The van der Waals surface area contributed by atoms with E-state index in [4.69, 9.17) is 5.73 Å². The number of likely N-dealkylation sites (N-methyl/N-ethyl adjacent to an activating group) is 1. The molecule has 1 aliphatic heterocycles. The summed E-state index contributed by atoms with van der Waals surface area (Å²) in [5.74, 6) is 0.564. The minimum Gasteiger partial charge on any atom is -0.370 e. The molecular formula is C19H33IN4. The lowest BCUT2D eigenvalue weighted by Gasteiger charge is -2.25. The first-order valence-electron chi connectivity index (χ1n) is 8.77. The zero-order chi connectivity index (χ0) is 16.9. The maximum atomic E-state index is 6.07. The molecule has 3 N–H and O–H groups in total. The van der Waals surface area contributed by atoms with Crippen LogP contribution in [0.3, 0.4) is 0 Å². The van der Waals surface area contributed by atoms with Crippen molar-refractivity contribution >= 4 is 29.9 Å². The van der Waals surface area contributed by atoms with Gasteiger partial charge in [-0.3, -0.25) is 9.89 Å². The molecule has 1 aromatic carbocycles. The lowest BCUT2D eigenvalue weighted by atomic mass is 9.84. The number of aryl methyl sites for hydroxylation is 1. The van der Waals surface area contributed by atoms with Crippen LogP contribution in [0.5, 0.6) is 0 Å². The van der Waals surface area contributed by atoms with Crippen molar-refractivity contribution in [2.75, 3.05) is 26.2 Å². The number of hydrogen-bond donors (Lipinski definition) is 2. The first-order valence-corrected chi connectivity index (χ1v) is 8.77. The van der Waals surface area contributed by atoms with Crippen molar-refractivity contribution in [3.63, 3.8) is 0 Å². The average molecular weight is 444 g/mol. The van der Waals surface area contributed by atoms with Gasteiger partial charge in [-0.25, -0.2) is 0 Å². The van der Waals surface area contributed by atoms with E-state index in [0.29, 0.717) is 18.5 Å². The van der Waals surface area contributed by atoms with Crippen LogP contribution < -0.4 is 11.1 Å². The molecule has 0 aliphatic carbocycles. The van der Waals surface area contributed by atoms with E-state index in [1.807, 2.05) is 0 Å². The summed E-state index contributed by atoms with van der Waals surface area (Å²) in [4.78, 5) is 7.09. The van der Waals surface area contributed by atoms with E-state index in [-0.39, 0.29) is 29.4 Å². The molecular weight excluding hydrogens is 411 g/mol. The Kier molecular flexibility index (Phi) is 8.50. The van der Waals surface area contributed by atoms with Crippen LogP contribution in [-0.4, -0.2) is 43.1 Å². The number of likely N-dealkylation sites (tertiary alicyclic amines) is 1. The molecule has 4 nitrogen and oxygen atoms in total. The Labute approximate surface area is 164 Å². The van der Waals surface area contributed by atoms with E-state index in [1.54, 1.807) is 0 Å². The highest BCUT2D eigenvalue weighted by Crippen LogP contribution is 2.24. The first kappa shape index (κ1) is 21.2. The molecule has 1 unspecified atom stereocenters. The SMILES string of the molecule is CCN1CCCC1CNC(N)=NCC(C)(C)c1cccc(C)c1.I. The van der Waals surface area contributed by atoms with Crippen molar-refractivity contribution in [3.8, 4) is 0 Å². The highest BCUT2D eigenvalue weighted by molar-refractivity contribution is 14.0. The monoisotopic (exact) mass is 444 g/mol. The molecule has 5 heteroatoms. The lowest BCUT2D eigenvalue weighted by molar-refractivity contribution is 0.267. The summed E-state index contributed by atoms with van der Waals surface area (Å²) in [6.07, 6.45) is 2.54. The van der Waals surface area contributed by atoms with Crippen molar-refractivity contribution < 1.29 is 0 Å². The predicted octanol–water partition coefficient (Wildman–Crippen LogP) is 3.28. The van der Waals surface area contributed by atoms with Crippen molar-refractivity contribution in [1.82, 2.24) is 10.2 Å². The van der Waals surface area contributed by atoms with Crippen LogP contribution in [0.25, 0.3) is 0 Å². The van der Waals surface area contributed by atoms with E-state index in [0.717, 1.165) is 13.1 Å². The van der Waals surface area contributed by atoms with E-state index >= 15 is 0 Å². The topological polar surface area (TPSA) is 53.6 Å². The van der Waals surface area contributed by atoms with Crippen LogP contribution in [0.2, 0.25) is 0 Å². The standard InChI is InChI=1S/C19H32N4.HI/c1-5-23-11-7-10-17(23)13-21-18(20)22-14-19(3,4)16-9-6-8-15(2)12-16;/h6,8-9,12,17H,5,7,10-11,13-14H2,1-4H3,(H3,20,21,22);1H. The van der Waals surface area contributed by atoms with E-state index in [9.17, 15) is 0 Å². The van der Waals surface area contributed by atoms with Gasteiger partial charge in [-0.1, -0.05) is 50.6 Å². The molecule has 1 atom stereocenters. The van der Waals surface area contributed by atoms with Crippen molar-refractivity contribution in [2.45, 2.75) is 52.0 Å². The summed E-state index contributed by atoms with van der Waals surface area (Å²) in [5, 5.41) is 3.31. The molecule has 0 bridgehead atoms. The molecule has 0 spiro atoms. The average Bonchev–Trinajstić information content (AvgIpc) is 2.98. The molecule has 1 heterocycles. The third-order valence-electron chi connectivity index (χ3n) is 4.87. The zero-order valence-corrected chi connectivity index (χ0v) is 17.8. The smallest absolute Gasteiger partial charge is 0.188 e. The van der Waals surface area contributed by atoms with Crippen LogP contribution in [-0.2, 0) is 5.41 Å². The number of nitrogens with two attached hydrogens (primary N) is 1. The Balaban J connectivity index is 0.00000288. The van der Waals surface area contributed by atoms with Crippen molar-refractivity contribution in [2.24, 2.45) is 10.7 Å². The number of nitrogens with zero attached hydrogens (tertiary/aromatic N) is 2. The van der Waals surface area contributed by atoms with Gasteiger partial charge in [0, 0.05) is 18.0 Å². The van der Waals surface area contributed by atoms with Crippen LogP contribution in [0.4, 0.5) is 0 Å². The highest BCUT2D eigenvalue weighted by Gasteiger charge is 2.23. The van der Waals surface area contributed by atoms with E-state index < -0.39 is 0 Å². The van der Waals surface area contributed by atoms with Gasteiger partial charge in [-0.2, -0.15) is 0 Å². The molecule has 0 saturated carbocycles. The minimum absolute atomic E-state index is 0. The number of rotatable bonds is 6. The fourth-order valence-electron chi connectivity index (χ4n) is 3.26. The van der Waals surface area contributed by atoms with E-state index in [1.165, 1.54) is 30.5 Å². The largest absolute Gasteiger partial charge is 0.370 e. The zero-order valence-electron chi connectivity index (χ0n) is 15.5. The number of nitrogens with one attached hydrogen (secondary N) is 1. The molecule has 1 aliphatic rings. The lowest BCUT2D eigenvalue weighted by Crippen LogP contribution is -2.43. The fourth-order valence-corrected chi connectivity index (χ4v) is 3.26. The van der Waals surface area contributed by atoms with Crippen LogP contribution in [0.1, 0.15) is 44.7 Å². The molecule has 1 fully saturated rings. The Morgan fingerprint density at radius 3 is 2.83 bits per heavy atom. The molecule has 2 rings (SSSR count). The predicted molar refractivity (Wildman–Crippen MR) is 114 cm³/mol. The summed E-state index contributed by atoms with van der Waals surface area (Å²) in [6.45, 7) is 12.7. The van der Waals surface area contributed by atoms with Gasteiger partial charge in [0.2, 0.25) is 0 Å². The number of halogens is 1. The van der Waals surface area contributed by atoms with Gasteiger partial charge in [-0.05, 0) is 38.4 Å².